The van der Waals surface area contributed by atoms with E-state index in [4.69, 9.17) is 5.11 Å². The number of aromatic nitrogens is 4. The summed E-state index contributed by atoms with van der Waals surface area (Å²) in [5.74, 6) is -0.372. The number of benzene rings is 1. The minimum Gasteiger partial charge on any atom is -0.508 e. The zero-order valence-corrected chi connectivity index (χ0v) is 9.61. The number of hydrogen-bond acceptors (Lipinski definition) is 7. The van der Waals surface area contributed by atoms with Crippen molar-refractivity contribution in [1.29, 1.82) is 0 Å². The van der Waals surface area contributed by atoms with E-state index in [0.29, 0.717) is 5.56 Å². The third kappa shape index (κ3) is 3.49. The van der Waals surface area contributed by atoms with E-state index >= 15 is 0 Å². The molecule has 0 aliphatic heterocycles. The van der Waals surface area contributed by atoms with Gasteiger partial charge in [-0.05, 0) is 12.1 Å². The fourth-order valence-corrected chi connectivity index (χ4v) is 1.26. The van der Waals surface area contributed by atoms with Crippen LogP contribution in [0.2, 0.25) is 0 Å². The van der Waals surface area contributed by atoms with Gasteiger partial charge in [0.1, 0.15) is 11.5 Å². The molecule has 0 spiro atoms. The summed E-state index contributed by atoms with van der Waals surface area (Å²) >= 11 is 0. The first-order valence-electron chi connectivity index (χ1n) is 5.21. The lowest BCUT2D eigenvalue weighted by Gasteiger charge is -1.99. The summed E-state index contributed by atoms with van der Waals surface area (Å²) in [7, 11) is 0. The fraction of sp³-hybridized carbons (Fsp3) is 0.100. The molecule has 98 valence electrons. The highest BCUT2D eigenvalue weighted by Crippen LogP contribution is 2.20. The summed E-state index contributed by atoms with van der Waals surface area (Å²) in [5.41, 5.74) is 2.61. The smallest absolute Gasteiger partial charge is 0.247 e. The molecule has 0 aliphatic carbocycles. The second-order valence-electron chi connectivity index (χ2n) is 3.54. The van der Waals surface area contributed by atoms with Gasteiger partial charge in [-0.2, -0.15) is 10.3 Å². The van der Waals surface area contributed by atoms with Crippen molar-refractivity contribution in [1.82, 2.24) is 26.0 Å². The quantitative estimate of drug-likeness (QED) is 0.425. The Hall–Kier alpha value is -2.97. The van der Waals surface area contributed by atoms with Gasteiger partial charge in [0.25, 0.3) is 0 Å². The number of hydrogen-bond donors (Lipinski definition) is 4. The van der Waals surface area contributed by atoms with Gasteiger partial charge in [-0.3, -0.25) is 4.79 Å². The van der Waals surface area contributed by atoms with E-state index in [1.54, 1.807) is 0 Å². The number of carbonyl (C=O) groups excluding carboxylic acids is 1. The number of tetrazole rings is 1. The highest BCUT2D eigenvalue weighted by atomic mass is 16.3. The summed E-state index contributed by atoms with van der Waals surface area (Å²) in [4.78, 5) is 11.4. The van der Waals surface area contributed by atoms with Gasteiger partial charge in [-0.25, -0.2) is 5.43 Å². The summed E-state index contributed by atoms with van der Waals surface area (Å²) in [5, 5.41) is 35.0. The zero-order valence-electron chi connectivity index (χ0n) is 9.61. The highest BCUT2D eigenvalue weighted by molar-refractivity contribution is 5.85. The average molecular weight is 262 g/mol. The van der Waals surface area contributed by atoms with Gasteiger partial charge >= 0.3 is 0 Å². The Morgan fingerprint density at radius 2 is 2.32 bits per heavy atom. The summed E-state index contributed by atoms with van der Waals surface area (Å²) < 4.78 is 0. The van der Waals surface area contributed by atoms with Crippen LogP contribution in [0.3, 0.4) is 0 Å². The molecule has 0 atom stereocenters. The van der Waals surface area contributed by atoms with Gasteiger partial charge in [0.05, 0.1) is 12.6 Å². The van der Waals surface area contributed by atoms with Crippen LogP contribution in [-0.4, -0.2) is 43.0 Å². The zero-order chi connectivity index (χ0) is 13.7. The Balaban J connectivity index is 1.91. The molecule has 0 radical (unpaired) electrons. The number of phenols is 2. The van der Waals surface area contributed by atoms with Crippen LogP contribution in [0.15, 0.2) is 23.3 Å². The molecule has 4 N–H and O–H groups in total. The average Bonchev–Trinajstić information content (AvgIpc) is 2.84. The minimum atomic E-state index is -0.420. The first-order valence-corrected chi connectivity index (χ1v) is 5.21. The molecule has 0 fully saturated rings. The van der Waals surface area contributed by atoms with Crippen molar-refractivity contribution in [2.24, 2.45) is 5.10 Å². The first kappa shape index (κ1) is 12.5. The number of nitrogens with one attached hydrogen (secondary N) is 2. The lowest BCUT2D eigenvalue weighted by Crippen LogP contribution is -2.20. The largest absolute Gasteiger partial charge is 0.508 e. The van der Waals surface area contributed by atoms with Crippen molar-refractivity contribution >= 4 is 12.1 Å². The molecule has 0 unspecified atom stereocenters. The molecule has 1 heterocycles. The van der Waals surface area contributed by atoms with E-state index in [1.807, 2.05) is 0 Å². The van der Waals surface area contributed by atoms with Crippen molar-refractivity contribution in [2.75, 3.05) is 0 Å². The number of aromatic amines is 1. The molecule has 0 saturated carbocycles. The molecular weight excluding hydrogens is 252 g/mol. The molecule has 2 aromatic rings. The van der Waals surface area contributed by atoms with Crippen LogP contribution in [0.5, 0.6) is 11.5 Å². The van der Waals surface area contributed by atoms with Crippen molar-refractivity contribution in [3.05, 3.63) is 29.6 Å². The number of aromatic hydroxyl groups is 2. The standard InChI is InChI=1S/C10H10N6O3/c17-7-2-1-6(8(18)3-7)5-11-14-10(19)4-9-12-15-16-13-9/h1-3,5,17-18H,4H2,(H,14,19)(H,12,13,15,16)/b11-5+. The molecule has 1 aromatic carbocycles. The van der Waals surface area contributed by atoms with Gasteiger partial charge in [-0.15, -0.1) is 10.2 Å². The van der Waals surface area contributed by atoms with E-state index in [1.165, 1.54) is 24.4 Å². The Kier molecular flexibility index (Phi) is 3.67. The van der Waals surface area contributed by atoms with Crippen molar-refractivity contribution < 1.29 is 15.0 Å². The Bertz CT molecular complexity index is 595. The molecular formula is C10H10N6O3. The molecule has 2 rings (SSSR count). The maximum Gasteiger partial charge on any atom is 0.247 e. The lowest BCUT2D eigenvalue weighted by molar-refractivity contribution is -0.120. The van der Waals surface area contributed by atoms with Crippen LogP contribution in [0.25, 0.3) is 0 Å². The molecule has 1 amide bonds. The Morgan fingerprint density at radius 1 is 1.47 bits per heavy atom. The number of nitrogens with zero attached hydrogens (tertiary/aromatic N) is 4. The molecule has 1 aromatic heterocycles. The summed E-state index contributed by atoms with van der Waals surface area (Å²) in [6, 6.07) is 4.02. The molecule has 9 nitrogen and oxygen atoms in total. The minimum absolute atomic E-state index is 0.0595. The molecule has 0 aliphatic rings. The van der Waals surface area contributed by atoms with Crippen molar-refractivity contribution in [2.45, 2.75) is 6.42 Å². The third-order valence-corrected chi connectivity index (χ3v) is 2.11. The van der Waals surface area contributed by atoms with Gasteiger partial charge in [0, 0.05) is 11.6 Å². The van der Waals surface area contributed by atoms with Crippen molar-refractivity contribution in [3.8, 4) is 11.5 Å². The van der Waals surface area contributed by atoms with E-state index in [0.717, 1.165) is 0 Å². The Labute approximate surface area is 107 Å². The summed E-state index contributed by atoms with van der Waals surface area (Å²) in [6.45, 7) is 0. The second-order valence-corrected chi connectivity index (χ2v) is 3.54. The molecule has 0 saturated heterocycles. The van der Waals surface area contributed by atoms with Crippen LogP contribution in [-0.2, 0) is 11.2 Å². The monoisotopic (exact) mass is 262 g/mol. The predicted molar refractivity (Wildman–Crippen MR) is 63.4 cm³/mol. The van der Waals surface area contributed by atoms with E-state index in [2.05, 4.69) is 31.2 Å². The number of carbonyl (C=O) groups is 1. The number of rotatable bonds is 4. The SMILES string of the molecule is O=C(Cc1nn[nH]n1)N/N=C/c1ccc(O)cc1O. The van der Waals surface area contributed by atoms with Crippen molar-refractivity contribution in [3.63, 3.8) is 0 Å². The lowest BCUT2D eigenvalue weighted by atomic mass is 10.2. The van der Waals surface area contributed by atoms with E-state index in [-0.39, 0.29) is 23.7 Å². The number of hydrazone groups is 1. The van der Waals surface area contributed by atoms with E-state index < -0.39 is 5.91 Å². The van der Waals surface area contributed by atoms with E-state index in [9.17, 15) is 9.90 Å². The third-order valence-electron chi connectivity index (χ3n) is 2.11. The number of amides is 1. The van der Waals surface area contributed by atoms with Gasteiger partial charge < -0.3 is 10.2 Å². The van der Waals surface area contributed by atoms with Crippen LogP contribution in [0, 0.1) is 0 Å². The number of H-pyrrole nitrogens is 1. The highest BCUT2D eigenvalue weighted by Gasteiger charge is 2.05. The molecule has 0 bridgehead atoms. The van der Waals surface area contributed by atoms with Gasteiger partial charge in [0.2, 0.25) is 5.91 Å². The maximum absolute atomic E-state index is 11.4. The molecule has 19 heavy (non-hydrogen) atoms. The van der Waals surface area contributed by atoms with Gasteiger partial charge in [-0.1, -0.05) is 5.21 Å². The topological polar surface area (TPSA) is 136 Å². The number of phenolic OH excluding ortho intramolecular Hbond substituents is 2. The fourth-order valence-electron chi connectivity index (χ4n) is 1.26. The maximum atomic E-state index is 11.4. The predicted octanol–water partition coefficient (Wildman–Crippen LogP) is -0.696. The second kappa shape index (κ2) is 5.58. The van der Waals surface area contributed by atoms with Crippen LogP contribution in [0.4, 0.5) is 0 Å². The Morgan fingerprint density at radius 3 is 3.00 bits per heavy atom. The normalized spacial score (nSPS) is 10.7. The summed E-state index contributed by atoms with van der Waals surface area (Å²) in [6.07, 6.45) is 1.19. The van der Waals surface area contributed by atoms with Gasteiger partial charge in [0.15, 0.2) is 5.82 Å². The molecule has 9 heteroatoms. The van der Waals surface area contributed by atoms with Crippen LogP contribution >= 0.6 is 0 Å². The van der Waals surface area contributed by atoms with Crippen LogP contribution < -0.4 is 5.43 Å². The van der Waals surface area contributed by atoms with Crippen LogP contribution in [0.1, 0.15) is 11.4 Å². The first-order chi connectivity index (χ1) is 9.15.